The van der Waals surface area contributed by atoms with Gasteiger partial charge < -0.3 is 12.9 Å². The summed E-state index contributed by atoms with van der Waals surface area (Å²) in [5, 5.41) is 0. The van der Waals surface area contributed by atoms with Crippen LogP contribution in [0.5, 0.6) is 0 Å². The summed E-state index contributed by atoms with van der Waals surface area (Å²) in [5.41, 5.74) is 1.15. The van der Waals surface area contributed by atoms with E-state index in [0.29, 0.717) is 17.2 Å². The van der Waals surface area contributed by atoms with Gasteiger partial charge >= 0.3 is 58.4 Å². The zero-order valence-electron chi connectivity index (χ0n) is 15.6. The van der Waals surface area contributed by atoms with Gasteiger partial charge in [0.1, 0.15) is 0 Å². The average molecular weight is 415 g/mol. The van der Waals surface area contributed by atoms with Gasteiger partial charge in [-0.2, -0.15) is 0 Å². The molecule has 0 amide bonds. The maximum absolute atomic E-state index is 13.2. The average Bonchev–Trinajstić information content (AvgIpc) is 2.74. The van der Waals surface area contributed by atoms with E-state index in [1.165, 1.54) is 6.07 Å². The molecule has 8 heteroatoms. The molecular weight excluding hydrogens is 401 g/mol. The molecule has 0 aliphatic rings. The van der Waals surface area contributed by atoms with Crippen LogP contribution in [0, 0.1) is 0 Å². The molecule has 138 valence electrons. The maximum Gasteiger partial charge on any atom is 1.00 e. The van der Waals surface area contributed by atoms with E-state index in [4.69, 9.17) is 0 Å². The van der Waals surface area contributed by atoms with Crippen molar-refractivity contribution in [2.75, 3.05) is 0 Å². The van der Waals surface area contributed by atoms with Crippen LogP contribution in [0.25, 0.3) is 34.2 Å². The smallest absolute Gasteiger partial charge is 0.445 e. The van der Waals surface area contributed by atoms with Gasteiger partial charge in [0.2, 0.25) is 0 Å². The second-order valence-electron chi connectivity index (χ2n) is 6.24. The number of nitrogens with zero attached hydrogens (tertiary/aromatic N) is 3. The largest absolute Gasteiger partial charge is 1.00 e. The molecule has 3 nitrogen and oxygen atoms in total. The molecule has 4 rings (SSSR count). The van der Waals surface area contributed by atoms with Crippen LogP contribution in [-0.4, -0.2) is 21.9 Å². The standard InChI is InChI=1S/C21H14BF3N3.K/c23-22(24,25)18-13-7-12-17(14-18)21-27-19(15-8-3-1-4-9-15)26-20(28-21)16-10-5-2-6-11-16;/h1-14H;/q-1;+1. The van der Waals surface area contributed by atoms with Crippen LogP contribution in [0.4, 0.5) is 12.9 Å². The Hall–Kier alpha value is -1.84. The van der Waals surface area contributed by atoms with Gasteiger partial charge in [-0.05, 0) is 0 Å². The summed E-state index contributed by atoms with van der Waals surface area (Å²) in [4.78, 5) is 13.4. The van der Waals surface area contributed by atoms with Crippen LogP contribution < -0.4 is 56.8 Å². The number of halogens is 3. The zero-order valence-corrected chi connectivity index (χ0v) is 18.8. The molecule has 0 saturated heterocycles. The Labute approximate surface area is 208 Å². The third-order valence-corrected chi connectivity index (χ3v) is 4.22. The molecule has 0 aliphatic carbocycles. The Balaban J connectivity index is 0.00000240. The van der Waals surface area contributed by atoms with Crippen molar-refractivity contribution in [2.45, 2.75) is 0 Å². The van der Waals surface area contributed by atoms with Gasteiger partial charge in [-0.15, -0.1) is 5.46 Å². The Bertz CT molecular complexity index is 1050. The summed E-state index contributed by atoms with van der Waals surface area (Å²) < 4.78 is 39.5. The molecule has 3 aromatic carbocycles. The van der Waals surface area contributed by atoms with Gasteiger partial charge in [0.15, 0.2) is 17.5 Å². The third kappa shape index (κ3) is 5.21. The summed E-state index contributed by atoms with van der Waals surface area (Å²) in [6.07, 6.45) is 0. The zero-order chi connectivity index (χ0) is 19.6. The Morgan fingerprint density at radius 3 is 1.38 bits per heavy atom. The van der Waals surface area contributed by atoms with Crippen LogP contribution >= 0.6 is 0 Å². The number of hydrogen-bond acceptors (Lipinski definition) is 3. The molecule has 4 aromatic rings. The molecule has 1 heterocycles. The van der Waals surface area contributed by atoms with E-state index in [0.717, 1.165) is 23.3 Å². The molecule has 0 unspecified atom stereocenters. The second-order valence-corrected chi connectivity index (χ2v) is 6.24. The summed E-state index contributed by atoms with van der Waals surface area (Å²) >= 11 is 0. The van der Waals surface area contributed by atoms with E-state index >= 15 is 0 Å². The van der Waals surface area contributed by atoms with Crippen LogP contribution in [0.15, 0.2) is 84.9 Å². The molecule has 0 fully saturated rings. The fourth-order valence-electron chi connectivity index (χ4n) is 2.82. The fourth-order valence-corrected chi connectivity index (χ4v) is 2.82. The van der Waals surface area contributed by atoms with Crippen molar-refractivity contribution in [3.05, 3.63) is 84.9 Å². The monoisotopic (exact) mass is 415 g/mol. The summed E-state index contributed by atoms with van der Waals surface area (Å²) in [7, 11) is 0. The van der Waals surface area contributed by atoms with Gasteiger partial charge in [-0.1, -0.05) is 84.9 Å². The first-order valence-electron chi connectivity index (χ1n) is 8.68. The van der Waals surface area contributed by atoms with Crippen molar-refractivity contribution < 1.29 is 64.3 Å². The quantitative estimate of drug-likeness (QED) is 0.479. The van der Waals surface area contributed by atoms with Crippen LogP contribution in [0.1, 0.15) is 0 Å². The first kappa shape index (κ1) is 21.9. The number of benzene rings is 3. The molecule has 0 atom stereocenters. The fraction of sp³-hybridized carbons (Fsp3) is 0. The number of rotatable bonds is 4. The van der Waals surface area contributed by atoms with Crippen molar-refractivity contribution in [2.24, 2.45) is 0 Å². The van der Waals surface area contributed by atoms with E-state index in [1.807, 2.05) is 60.7 Å². The molecule has 0 N–H and O–H groups in total. The molecular formula is C21H14BF3KN3. The van der Waals surface area contributed by atoms with Crippen molar-refractivity contribution in [1.29, 1.82) is 0 Å². The molecule has 0 aliphatic heterocycles. The van der Waals surface area contributed by atoms with Gasteiger partial charge in [0.05, 0.1) is 0 Å². The van der Waals surface area contributed by atoms with Crippen LogP contribution in [0.3, 0.4) is 0 Å². The summed E-state index contributed by atoms with van der Waals surface area (Å²) in [6.45, 7) is -5.11. The van der Waals surface area contributed by atoms with Crippen molar-refractivity contribution >= 4 is 12.4 Å². The van der Waals surface area contributed by atoms with Gasteiger partial charge in [0.25, 0.3) is 0 Å². The predicted octanol–water partition coefficient (Wildman–Crippen LogP) is 1.93. The van der Waals surface area contributed by atoms with Gasteiger partial charge in [-0.3, -0.25) is 0 Å². The van der Waals surface area contributed by atoms with Crippen molar-refractivity contribution in [3.63, 3.8) is 0 Å². The molecule has 0 saturated carbocycles. The minimum atomic E-state index is -5.11. The van der Waals surface area contributed by atoms with Gasteiger partial charge in [0, 0.05) is 16.7 Å². The third-order valence-electron chi connectivity index (χ3n) is 4.22. The second kappa shape index (κ2) is 9.32. The van der Waals surface area contributed by atoms with E-state index < -0.39 is 12.4 Å². The Kier molecular flexibility index (Phi) is 7.02. The first-order valence-corrected chi connectivity index (χ1v) is 8.68. The topological polar surface area (TPSA) is 38.7 Å². The van der Waals surface area contributed by atoms with Crippen LogP contribution in [-0.2, 0) is 0 Å². The first-order chi connectivity index (χ1) is 13.5. The Morgan fingerprint density at radius 2 is 0.931 bits per heavy atom. The van der Waals surface area contributed by atoms with E-state index in [-0.39, 0.29) is 57.2 Å². The SMILES string of the molecule is F[B-](F)(F)c1cccc(-c2nc(-c3ccccc3)nc(-c3ccccc3)n2)c1.[K+]. The number of aromatic nitrogens is 3. The van der Waals surface area contributed by atoms with E-state index in [2.05, 4.69) is 15.0 Å². The van der Waals surface area contributed by atoms with Crippen LogP contribution in [0.2, 0.25) is 0 Å². The maximum atomic E-state index is 13.2. The van der Waals surface area contributed by atoms with Crippen molar-refractivity contribution in [3.8, 4) is 34.2 Å². The normalized spacial score (nSPS) is 11.0. The summed E-state index contributed by atoms with van der Waals surface area (Å²) in [6, 6.07) is 23.6. The molecule has 29 heavy (non-hydrogen) atoms. The molecule has 0 bridgehead atoms. The molecule has 0 radical (unpaired) electrons. The summed E-state index contributed by atoms with van der Waals surface area (Å²) in [5.74, 6) is 1.02. The van der Waals surface area contributed by atoms with E-state index in [9.17, 15) is 12.9 Å². The predicted molar refractivity (Wildman–Crippen MR) is 105 cm³/mol. The minimum absolute atomic E-state index is 0. The van der Waals surface area contributed by atoms with E-state index in [1.54, 1.807) is 6.07 Å². The van der Waals surface area contributed by atoms with Gasteiger partial charge in [-0.25, -0.2) is 15.0 Å². The molecule has 0 spiro atoms. The van der Waals surface area contributed by atoms with Crippen molar-refractivity contribution in [1.82, 2.24) is 15.0 Å². The number of hydrogen-bond donors (Lipinski definition) is 0. The Morgan fingerprint density at radius 1 is 0.517 bits per heavy atom. The minimum Gasteiger partial charge on any atom is -0.445 e. The molecule has 1 aromatic heterocycles.